The Hall–Kier alpha value is -2.30. The number of fused-ring (bicyclic) bond motifs is 1. The van der Waals surface area contributed by atoms with Crippen LogP contribution in [0.25, 0.3) is 10.8 Å². The third kappa shape index (κ3) is 4.84. The van der Waals surface area contributed by atoms with Gasteiger partial charge in [-0.1, -0.05) is 61.9 Å². The quantitative estimate of drug-likeness (QED) is 0.387. The summed E-state index contributed by atoms with van der Waals surface area (Å²) >= 11 is 0. The fraction of sp³-hybridized carbons (Fsp3) is 0.278. The molecule has 2 nitrogen and oxygen atoms in total. The third-order valence-corrected chi connectivity index (χ3v) is 3.17. The van der Waals surface area contributed by atoms with E-state index in [9.17, 15) is 13.2 Å². The highest BCUT2D eigenvalue weighted by Crippen LogP contribution is 2.28. The van der Waals surface area contributed by atoms with Crippen molar-refractivity contribution in [2.45, 2.75) is 25.9 Å². The summed E-state index contributed by atoms with van der Waals surface area (Å²) in [6.07, 6.45) is 0.493. The Bertz CT molecular complexity index is 699. The molecule has 0 heterocycles. The van der Waals surface area contributed by atoms with Crippen LogP contribution in [0.15, 0.2) is 59.6 Å². The van der Waals surface area contributed by atoms with Crippen molar-refractivity contribution in [3.63, 3.8) is 0 Å². The number of halogens is 3. The number of hydrogen-bond donors (Lipinski definition) is 0. The molecule has 122 valence electrons. The molecule has 0 fully saturated rings. The van der Waals surface area contributed by atoms with Gasteiger partial charge >= 0.3 is 6.18 Å². The van der Waals surface area contributed by atoms with Crippen molar-refractivity contribution in [2.75, 3.05) is 6.61 Å². The van der Waals surface area contributed by atoms with E-state index in [4.69, 9.17) is 4.74 Å². The molecule has 0 unspecified atom stereocenters. The van der Waals surface area contributed by atoms with E-state index < -0.39 is 12.1 Å². The molecule has 0 saturated carbocycles. The summed E-state index contributed by atoms with van der Waals surface area (Å²) in [6.45, 7) is 1.84. The second-order valence-electron chi connectivity index (χ2n) is 4.98. The van der Waals surface area contributed by atoms with Crippen molar-refractivity contribution in [3.05, 3.63) is 54.6 Å². The third-order valence-electron chi connectivity index (χ3n) is 3.17. The van der Waals surface area contributed by atoms with Gasteiger partial charge in [-0.2, -0.15) is 13.2 Å². The fourth-order valence-corrected chi connectivity index (χ4v) is 2.07. The number of hydrogen-bond acceptors (Lipinski definition) is 2. The highest BCUT2D eigenvalue weighted by Gasteiger charge is 2.38. The summed E-state index contributed by atoms with van der Waals surface area (Å²) in [5.74, 6) is -1.23. The minimum absolute atomic E-state index is 0.150. The van der Waals surface area contributed by atoms with Crippen molar-refractivity contribution in [1.82, 2.24) is 0 Å². The van der Waals surface area contributed by atoms with Crippen molar-refractivity contribution in [3.8, 4) is 0 Å². The van der Waals surface area contributed by atoms with Gasteiger partial charge in [-0.3, -0.25) is 0 Å². The van der Waals surface area contributed by atoms with Crippen molar-refractivity contribution in [2.24, 2.45) is 4.99 Å². The number of allylic oxidation sites excluding steroid dienone is 1. The molecule has 0 aliphatic rings. The number of rotatable bonds is 5. The molecule has 0 aromatic heterocycles. The van der Waals surface area contributed by atoms with Gasteiger partial charge in [-0.25, -0.2) is 4.99 Å². The Morgan fingerprint density at radius 2 is 1.83 bits per heavy atom. The predicted molar refractivity (Wildman–Crippen MR) is 87.1 cm³/mol. The molecule has 0 aliphatic heterocycles. The molecule has 0 saturated heterocycles. The normalized spacial score (nSPS) is 13.0. The van der Waals surface area contributed by atoms with E-state index in [-0.39, 0.29) is 12.3 Å². The highest BCUT2D eigenvalue weighted by molar-refractivity contribution is 5.96. The molecule has 0 N–H and O–H groups in total. The lowest BCUT2D eigenvalue weighted by Crippen LogP contribution is -2.25. The van der Waals surface area contributed by atoms with Crippen LogP contribution in [0.3, 0.4) is 0 Å². The lowest BCUT2D eigenvalue weighted by atomic mass is 10.1. The average molecular weight is 321 g/mol. The van der Waals surface area contributed by atoms with Crippen molar-refractivity contribution in [1.29, 1.82) is 0 Å². The molecule has 2 rings (SSSR count). The zero-order chi connectivity index (χ0) is 16.7. The summed E-state index contributed by atoms with van der Waals surface area (Å²) < 4.78 is 44.1. The minimum atomic E-state index is -4.63. The van der Waals surface area contributed by atoms with Crippen LogP contribution in [0, 0.1) is 0 Å². The number of nitrogens with zero attached hydrogens (tertiary/aromatic N) is 1. The van der Waals surface area contributed by atoms with Gasteiger partial charge in [-0.15, -0.1) is 0 Å². The Balaban J connectivity index is 2.29. The van der Waals surface area contributed by atoms with Crippen molar-refractivity contribution < 1.29 is 17.9 Å². The largest absolute Gasteiger partial charge is 0.470 e. The zero-order valence-corrected chi connectivity index (χ0v) is 12.8. The SMILES string of the molecule is CCC/C=C/COC(=Nc1cccc2ccccc12)C(F)(F)F. The molecule has 2 aromatic carbocycles. The maximum Gasteiger partial charge on any atom is 0.468 e. The second kappa shape index (κ2) is 7.81. The van der Waals surface area contributed by atoms with Gasteiger partial charge in [0.1, 0.15) is 6.61 Å². The number of alkyl halides is 3. The molecule has 0 aliphatic carbocycles. The van der Waals surface area contributed by atoms with Crippen LogP contribution in [-0.4, -0.2) is 18.7 Å². The molecule has 2 aromatic rings. The van der Waals surface area contributed by atoms with Gasteiger partial charge in [-0.05, 0) is 17.9 Å². The summed E-state index contributed by atoms with van der Waals surface area (Å²) in [6, 6.07) is 12.2. The molecule has 0 bridgehead atoms. The van der Waals surface area contributed by atoms with Gasteiger partial charge in [0.15, 0.2) is 0 Å². The predicted octanol–water partition coefficient (Wildman–Crippen LogP) is 5.81. The molecule has 0 spiro atoms. The van der Waals surface area contributed by atoms with Crippen LogP contribution >= 0.6 is 0 Å². The minimum Gasteiger partial charge on any atom is -0.470 e. The Labute approximate surface area is 133 Å². The van der Waals surface area contributed by atoms with E-state index >= 15 is 0 Å². The Morgan fingerprint density at radius 1 is 1.09 bits per heavy atom. The van der Waals surface area contributed by atoms with Crippen LogP contribution in [0.2, 0.25) is 0 Å². The van der Waals surface area contributed by atoms with E-state index in [1.807, 2.05) is 25.1 Å². The van der Waals surface area contributed by atoms with E-state index in [1.54, 1.807) is 36.4 Å². The standard InChI is InChI=1S/C18H18F3NO/c1-2-3-4-7-13-23-17(18(19,20)21)22-16-12-8-10-14-9-5-6-11-15(14)16/h4-12H,2-3,13H2,1H3/b7-4+,22-17?. The molecule has 5 heteroatoms. The van der Waals surface area contributed by atoms with Crippen LogP contribution in [0.1, 0.15) is 19.8 Å². The zero-order valence-electron chi connectivity index (χ0n) is 12.8. The first-order valence-electron chi connectivity index (χ1n) is 7.44. The second-order valence-corrected chi connectivity index (χ2v) is 4.98. The van der Waals surface area contributed by atoms with E-state index in [1.165, 1.54) is 0 Å². The summed E-state index contributed by atoms with van der Waals surface area (Å²) in [4.78, 5) is 3.71. The van der Waals surface area contributed by atoms with E-state index in [2.05, 4.69) is 4.99 Å². The monoisotopic (exact) mass is 321 g/mol. The first kappa shape index (κ1) is 17.1. The summed E-state index contributed by atoms with van der Waals surface area (Å²) in [7, 11) is 0. The topological polar surface area (TPSA) is 21.6 Å². The van der Waals surface area contributed by atoms with Crippen LogP contribution in [-0.2, 0) is 4.74 Å². The van der Waals surface area contributed by atoms with E-state index in [0.29, 0.717) is 5.39 Å². The Morgan fingerprint density at radius 3 is 2.57 bits per heavy atom. The van der Waals surface area contributed by atoms with Gasteiger partial charge in [0.25, 0.3) is 5.90 Å². The fourth-order valence-electron chi connectivity index (χ4n) is 2.07. The number of benzene rings is 2. The number of aliphatic imine (C=N–C) groups is 1. The van der Waals surface area contributed by atoms with Crippen LogP contribution < -0.4 is 0 Å². The average Bonchev–Trinajstić information content (AvgIpc) is 2.53. The first-order valence-corrected chi connectivity index (χ1v) is 7.44. The lowest BCUT2D eigenvalue weighted by Gasteiger charge is -2.11. The smallest absolute Gasteiger partial charge is 0.468 e. The number of ether oxygens (including phenoxy) is 1. The molecular weight excluding hydrogens is 303 g/mol. The van der Waals surface area contributed by atoms with Crippen LogP contribution in [0.4, 0.5) is 18.9 Å². The molecule has 23 heavy (non-hydrogen) atoms. The van der Waals surface area contributed by atoms with Crippen molar-refractivity contribution >= 4 is 22.4 Å². The first-order chi connectivity index (χ1) is 11.0. The van der Waals surface area contributed by atoms with E-state index in [0.717, 1.165) is 18.2 Å². The maximum absolute atomic E-state index is 13.1. The van der Waals surface area contributed by atoms with Gasteiger partial charge in [0.05, 0.1) is 5.69 Å². The molecule has 0 radical (unpaired) electrons. The van der Waals surface area contributed by atoms with Gasteiger partial charge in [0.2, 0.25) is 0 Å². The lowest BCUT2D eigenvalue weighted by molar-refractivity contribution is -0.0770. The molecular formula is C18H18F3NO. The molecule has 0 atom stereocenters. The Kier molecular flexibility index (Phi) is 5.79. The summed E-state index contributed by atoms with van der Waals surface area (Å²) in [5.41, 5.74) is 0.243. The van der Waals surface area contributed by atoms with Crippen LogP contribution in [0.5, 0.6) is 0 Å². The maximum atomic E-state index is 13.1. The van der Waals surface area contributed by atoms with Gasteiger partial charge in [0, 0.05) is 5.39 Å². The molecule has 0 amide bonds. The number of unbranched alkanes of at least 4 members (excludes halogenated alkanes) is 1. The summed E-state index contributed by atoms with van der Waals surface area (Å²) in [5, 5.41) is 1.49. The highest BCUT2D eigenvalue weighted by atomic mass is 19.4. The van der Waals surface area contributed by atoms with Gasteiger partial charge < -0.3 is 4.74 Å².